The van der Waals surface area contributed by atoms with Crippen LogP contribution in [0.5, 0.6) is 0 Å². The van der Waals surface area contributed by atoms with Crippen LogP contribution in [0, 0.1) is 5.41 Å². The predicted molar refractivity (Wildman–Crippen MR) is 53.9 cm³/mol. The third-order valence-corrected chi connectivity index (χ3v) is 2.08. The van der Waals surface area contributed by atoms with Crippen molar-refractivity contribution in [2.75, 3.05) is 13.1 Å². The maximum absolute atomic E-state index is 12.0. The molecule has 0 bridgehead atoms. The van der Waals surface area contributed by atoms with Crippen LogP contribution in [0.4, 0.5) is 13.2 Å². The van der Waals surface area contributed by atoms with E-state index in [0.717, 1.165) is 0 Å². The summed E-state index contributed by atoms with van der Waals surface area (Å²) in [7, 11) is 0. The predicted octanol–water partition coefficient (Wildman–Crippen LogP) is 1.98. The van der Waals surface area contributed by atoms with Crippen molar-refractivity contribution in [3.63, 3.8) is 0 Å². The van der Waals surface area contributed by atoms with Gasteiger partial charge in [-0.3, -0.25) is 5.41 Å². The fraction of sp³-hybridized carbons (Fsp3) is 0.889. The fourth-order valence-electron chi connectivity index (χ4n) is 1.16. The van der Waals surface area contributed by atoms with Crippen LogP contribution in [0.25, 0.3) is 0 Å². The largest absolute Gasteiger partial charge is 0.390 e. The van der Waals surface area contributed by atoms with Gasteiger partial charge in [0.2, 0.25) is 0 Å². The molecule has 0 aliphatic heterocycles. The number of alkyl halides is 3. The van der Waals surface area contributed by atoms with Gasteiger partial charge in [-0.25, -0.2) is 0 Å². The highest BCUT2D eigenvalue weighted by Crippen LogP contribution is 2.20. The van der Waals surface area contributed by atoms with Gasteiger partial charge >= 0.3 is 6.18 Å². The van der Waals surface area contributed by atoms with Gasteiger partial charge in [0.25, 0.3) is 0 Å². The molecule has 0 saturated carbocycles. The third-order valence-electron chi connectivity index (χ3n) is 2.08. The van der Waals surface area contributed by atoms with E-state index in [-0.39, 0.29) is 18.4 Å². The molecule has 15 heavy (non-hydrogen) atoms. The quantitative estimate of drug-likeness (QED) is 0.536. The van der Waals surface area contributed by atoms with Crippen molar-refractivity contribution >= 4 is 5.84 Å². The molecule has 0 aromatic rings. The topological polar surface area (TPSA) is 53.1 Å². The molecule has 0 aliphatic rings. The van der Waals surface area contributed by atoms with E-state index in [4.69, 9.17) is 11.1 Å². The number of nitrogens with one attached hydrogen (secondary N) is 1. The summed E-state index contributed by atoms with van der Waals surface area (Å²) in [6.45, 7) is 4.03. The van der Waals surface area contributed by atoms with Crippen LogP contribution in [0.3, 0.4) is 0 Å². The van der Waals surface area contributed by atoms with Gasteiger partial charge < -0.3 is 10.6 Å². The van der Waals surface area contributed by atoms with Crippen LogP contribution in [0.15, 0.2) is 0 Å². The fourth-order valence-corrected chi connectivity index (χ4v) is 1.16. The molecule has 90 valence electrons. The third kappa shape index (κ3) is 8.23. The molecule has 0 atom stereocenters. The number of hydrogen-bond donors (Lipinski definition) is 2. The van der Waals surface area contributed by atoms with Crippen molar-refractivity contribution in [1.82, 2.24) is 4.90 Å². The lowest BCUT2D eigenvalue weighted by Crippen LogP contribution is -2.36. The van der Waals surface area contributed by atoms with Crippen molar-refractivity contribution in [2.45, 2.75) is 38.9 Å². The lowest BCUT2D eigenvalue weighted by atomic mass is 10.2. The first-order valence-corrected chi connectivity index (χ1v) is 4.86. The molecule has 0 saturated heterocycles. The summed E-state index contributed by atoms with van der Waals surface area (Å²) in [6.07, 6.45) is -4.62. The molecule has 0 fully saturated rings. The van der Waals surface area contributed by atoms with Gasteiger partial charge in [-0.1, -0.05) is 0 Å². The van der Waals surface area contributed by atoms with Gasteiger partial charge in [-0.2, -0.15) is 13.2 Å². The number of rotatable bonds is 6. The summed E-state index contributed by atoms with van der Waals surface area (Å²) in [5.74, 6) is 0.00709. The monoisotopic (exact) mass is 225 g/mol. The molecule has 0 heterocycles. The Labute approximate surface area is 87.9 Å². The Hall–Kier alpha value is -0.780. The minimum Gasteiger partial charge on any atom is -0.388 e. The van der Waals surface area contributed by atoms with Gasteiger partial charge in [0.1, 0.15) is 0 Å². The second-order valence-electron chi connectivity index (χ2n) is 3.77. The minimum absolute atomic E-state index is 0.00709. The molecular weight excluding hydrogens is 207 g/mol. The Morgan fingerprint density at radius 3 is 2.20 bits per heavy atom. The highest BCUT2D eigenvalue weighted by molar-refractivity contribution is 5.76. The number of halogens is 3. The van der Waals surface area contributed by atoms with Crippen LogP contribution in [-0.2, 0) is 0 Å². The molecule has 6 heteroatoms. The molecule has 0 aromatic carbocycles. The first-order chi connectivity index (χ1) is 6.72. The van der Waals surface area contributed by atoms with Crippen LogP contribution in [0.1, 0.15) is 26.7 Å². The van der Waals surface area contributed by atoms with E-state index in [1.54, 1.807) is 4.90 Å². The molecule has 0 spiro atoms. The molecule has 3 nitrogen and oxygen atoms in total. The molecule has 0 aromatic heterocycles. The summed E-state index contributed by atoms with van der Waals surface area (Å²) >= 11 is 0. The number of hydrogen-bond acceptors (Lipinski definition) is 2. The van der Waals surface area contributed by atoms with Gasteiger partial charge in [-0.05, 0) is 13.8 Å². The molecule has 0 amide bonds. The highest BCUT2D eigenvalue weighted by Gasteiger charge is 2.28. The van der Waals surface area contributed by atoms with E-state index < -0.39 is 12.6 Å². The average Bonchev–Trinajstić information content (AvgIpc) is 2.00. The van der Waals surface area contributed by atoms with E-state index in [1.165, 1.54) is 0 Å². The molecule has 3 N–H and O–H groups in total. The van der Waals surface area contributed by atoms with Crippen molar-refractivity contribution in [3.8, 4) is 0 Å². The zero-order valence-electron chi connectivity index (χ0n) is 9.06. The van der Waals surface area contributed by atoms with Gasteiger partial charge in [0.05, 0.1) is 12.3 Å². The number of nitrogens with two attached hydrogens (primary N) is 1. The first-order valence-electron chi connectivity index (χ1n) is 4.86. The first kappa shape index (κ1) is 14.2. The second-order valence-corrected chi connectivity index (χ2v) is 3.77. The summed E-state index contributed by atoms with van der Waals surface area (Å²) < 4.78 is 36.0. The average molecular weight is 225 g/mol. The van der Waals surface area contributed by atoms with Crippen molar-refractivity contribution in [1.29, 1.82) is 5.41 Å². The Morgan fingerprint density at radius 2 is 1.87 bits per heavy atom. The summed E-state index contributed by atoms with van der Waals surface area (Å²) in [4.78, 5) is 1.68. The van der Waals surface area contributed by atoms with E-state index in [2.05, 4.69) is 0 Å². The molecule has 0 aliphatic carbocycles. The van der Waals surface area contributed by atoms with Gasteiger partial charge in [-0.15, -0.1) is 0 Å². The van der Waals surface area contributed by atoms with Gasteiger partial charge in [0.15, 0.2) is 0 Å². The van der Waals surface area contributed by atoms with E-state index in [0.29, 0.717) is 13.0 Å². The maximum Gasteiger partial charge on any atom is 0.390 e. The van der Waals surface area contributed by atoms with Crippen LogP contribution >= 0.6 is 0 Å². The number of nitrogens with zero attached hydrogens (tertiary/aromatic N) is 1. The maximum atomic E-state index is 12.0. The Morgan fingerprint density at radius 1 is 1.33 bits per heavy atom. The van der Waals surface area contributed by atoms with E-state index in [9.17, 15) is 13.2 Å². The molecular formula is C9H18F3N3. The standard InChI is InChI=1S/C9H18F3N3/c1-7(2)15(5-3-8(13)14)6-4-9(10,11)12/h7H,3-6H2,1-2H3,(H3,13,14). The summed E-state index contributed by atoms with van der Waals surface area (Å²) in [5.41, 5.74) is 5.16. The van der Waals surface area contributed by atoms with Crippen LogP contribution in [-0.4, -0.2) is 36.0 Å². The number of amidine groups is 1. The molecule has 0 radical (unpaired) electrons. The van der Waals surface area contributed by atoms with Gasteiger partial charge in [0, 0.05) is 25.6 Å². The Kier molecular flexibility index (Phi) is 5.64. The second kappa shape index (κ2) is 5.95. The zero-order chi connectivity index (χ0) is 12.1. The summed E-state index contributed by atoms with van der Waals surface area (Å²) in [6, 6.07) is 0.0340. The lowest BCUT2D eigenvalue weighted by Gasteiger charge is -2.26. The Bertz CT molecular complexity index is 201. The van der Waals surface area contributed by atoms with Crippen LogP contribution in [0.2, 0.25) is 0 Å². The Balaban J connectivity index is 4.00. The summed E-state index contributed by atoms with van der Waals surface area (Å²) in [5, 5.41) is 7.01. The van der Waals surface area contributed by atoms with E-state index >= 15 is 0 Å². The SMILES string of the molecule is CC(C)N(CCC(=N)N)CCC(F)(F)F. The van der Waals surface area contributed by atoms with Crippen molar-refractivity contribution in [3.05, 3.63) is 0 Å². The lowest BCUT2D eigenvalue weighted by molar-refractivity contribution is -0.138. The normalized spacial score (nSPS) is 12.5. The van der Waals surface area contributed by atoms with E-state index in [1.807, 2.05) is 13.8 Å². The zero-order valence-corrected chi connectivity index (χ0v) is 9.06. The highest BCUT2D eigenvalue weighted by atomic mass is 19.4. The van der Waals surface area contributed by atoms with Crippen molar-refractivity contribution in [2.24, 2.45) is 5.73 Å². The van der Waals surface area contributed by atoms with Crippen LogP contribution < -0.4 is 5.73 Å². The van der Waals surface area contributed by atoms with Crippen molar-refractivity contribution < 1.29 is 13.2 Å². The molecule has 0 rings (SSSR count). The minimum atomic E-state index is -4.12. The molecule has 0 unspecified atom stereocenters. The smallest absolute Gasteiger partial charge is 0.388 e.